The second kappa shape index (κ2) is 5.56. The summed E-state index contributed by atoms with van der Waals surface area (Å²) in [6.45, 7) is 2.22. The van der Waals surface area contributed by atoms with Crippen LogP contribution < -0.4 is 11.2 Å². The molecule has 2 N–H and O–H groups in total. The lowest BCUT2D eigenvalue weighted by Gasteiger charge is -2.13. The predicted octanol–water partition coefficient (Wildman–Crippen LogP) is 1.04. The molecule has 0 fully saturated rings. The maximum atomic E-state index is 11.7. The van der Waals surface area contributed by atoms with Crippen LogP contribution in [-0.4, -0.2) is 20.6 Å². The standard InChI is InChI=1S/C14H14N2O4/c1-9(10-5-3-2-4-6-10)7-16-8-11(13(18)19)12(17)15-14(16)20/h2-6,8-9H,7H2,1H3,(H,18,19)(H,15,17,20). The number of carboxylic acid groups (broad SMARTS) is 1. The van der Waals surface area contributed by atoms with Crippen molar-refractivity contribution in [2.24, 2.45) is 0 Å². The monoisotopic (exact) mass is 274 g/mol. The van der Waals surface area contributed by atoms with E-state index >= 15 is 0 Å². The molecule has 104 valence electrons. The van der Waals surface area contributed by atoms with Crippen molar-refractivity contribution >= 4 is 5.97 Å². The maximum absolute atomic E-state index is 11.7. The van der Waals surface area contributed by atoms with Gasteiger partial charge in [0.05, 0.1) is 0 Å². The number of nitrogens with one attached hydrogen (secondary N) is 1. The fourth-order valence-corrected chi connectivity index (χ4v) is 1.98. The first-order valence-electron chi connectivity index (χ1n) is 6.11. The van der Waals surface area contributed by atoms with E-state index < -0.39 is 22.8 Å². The summed E-state index contributed by atoms with van der Waals surface area (Å²) in [5.74, 6) is -1.34. The molecule has 20 heavy (non-hydrogen) atoms. The molecule has 0 saturated heterocycles. The molecule has 2 aromatic rings. The number of carboxylic acids is 1. The Kier molecular flexibility index (Phi) is 3.84. The van der Waals surface area contributed by atoms with Gasteiger partial charge in [-0.2, -0.15) is 0 Å². The van der Waals surface area contributed by atoms with Crippen LogP contribution in [0.3, 0.4) is 0 Å². The number of aromatic carboxylic acids is 1. The highest BCUT2D eigenvalue weighted by molar-refractivity contribution is 5.86. The first-order valence-corrected chi connectivity index (χ1v) is 6.11. The number of hydrogen-bond acceptors (Lipinski definition) is 3. The lowest BCUT2D eigenvalue weighted by atomic mass is 10.0. The number of rotatable bonds is 4. The van der Waals surface area contributed by atoms with E-state index in [9.17, 15) is 14.4 Å². The van der Waals surface area contributed by atoms with Crippen LogP contribution in [0.1, 0.15) is 28.8 Å². The Morgan fingerprint density at radius 2 is 1.95 bits per heavy atom. The average molecular weight is 274 g/mol. The highest BCUT2D eigenvalue weighted by atomic mass is 16.4. The summed E-state index contributed by atoms with van der Waals surface area (Å²) in [6.07, 6.45) is 1.09. The average Bonchev–Trinajstić information content (AvgIpc) is 2.42. The summed E-state index contributed by atoms with van der Waals surface area (Å²) in [6, 6.07) is 9.54. The summed E-state index contributed by atoms with van der Waals surface area (Å²) < 4.78 is 1.21. The second-order valence-corrected chi connectivity index (χ2v) is 4.57. The van der Waals surface area contributed by atoms with Crippen LogP contribution in [0.25, 0.3) is 0 Å². The minimum Gasteiger partial charge on any atom is -0.477 e. The van der Waals surface area contributed by atoms with Gasteiger partial charge in [0.25, 0.3) is 5.56 Å². The van der Waals surface area contributed by atoms with Gasteiger partial charge in [-0.25, -0.2) is 9.59 Å². The number of carbonyl (C=O) groups is 1. The van der Waals surface area contributed by atoms with Gasteiger partial charge in [-0.15, -0.1) is 0 Å². The summed E-state index contributed by atoms with van der Waals surface area (Å²) in [5, 5.41) is 8.90. The molecule has 1 heterocycles. The minimum absolute atomic E-state index is 0.0152. The third-order valence-corrected chi connectivity index (χ3v) is 3.08. The largest absolute Gasteiger partial charge is 0.477 e. The molecule has 6 nitrogen and oxygen atoms in total. The fourth-order valence-electron chi connectivity index (χ4n) is 1.98. The van der Waals surface area contributed by atoms with Gasteiger partial charge < -0.3 is 5.11 Å². The zero-order chi connectivity index (χ0) is 14.7. The molecule has 0 bridgehead atoms. The Hall–Kier alpha value is -2.63. The van der Waals surface area contributed by atoms with Crippen LogP contribution in [-0.2, 0) is 6.54 Å². The molecule has 1 atom stereocenters. The van der Waals surface area contributed by atoms with Crippen molar-refractivity contribution in [2.45, 2.75) is 19.4 Å². The van der Waals surface area contributed by atoms with E-state index in [0.717, 1.165) is 11.8 Å². The lowest BCUT2D eigenvalue weighted by molar-refractivity contribution is 0.0693. The van der Waals surface area contributed by atoms with Gasteiger partial charge in [0, 0.05) is 12.7 Å². The molecule has 0 aliphatic carbocycles. The molecule has 1 aromatic heterocycles. The van der Waals surface area contributed by atoms with Crippen LogP contribution in [0.5, 0.6) is 0 Å². The zero-order valence-electron chi connectivity index (χ0n) is 10.9. The van der Waals surface area contributed by atoms with Crippen molar-refractivity contribution in [3.63, 3.8) is 0 Å². The van der Waals surface area contributed by atoms with E-state index in [2.05, 4.69) is 0 Å². The number of H-pyrrole nitrogens is 1. The van der Waals surface area contributed by atoms with Gasteiger partial charge >= 0.3 is 11.7 Å². The first kappa shape index (κ1) is 13.8. The molecule has 6 heteroatoms. The predicted molar refractivity (Wildman–Crippen MR) is 73.1 cm³/mol. The fraction of sp³-hybridized carbons (Fsp3) is 0.214. The van der Waals surface area contributed by atoms with Crippen molar-refractivity contribution in [2.75, 3.05) is 0 Å². The summed E-state index contributed by atoms with van der Waals surface area (Å²) in [7, 11) is 0. The number of benzene rings is 1. The Labute approximate surface area is 114 Å². The highest BCUT2D eigenvalue weighted by Gasteiger charge is 2.13. The van der Waals surface area contributed by atoms with Gasteiger partial charge in [-0.3, -0.25) is 14.3 Å². The molecule has 0 saturated carbocycles. The SMILES string of the molecule is CC(Cn1cc(C(=O)O)c(=O)[nH]c1=O)c1ccccc1. The van der Waals surface area contributed by atoms with Crippen LogP contribution in [0.2, 0.25) is 0 Å². The Morgan fingerprint density at radius 1 is 1.30 bits per heavy atom. The molecule has 0 amide bonds. The number of aromatic nitrogens is 2. The quantitative estimate of drug-likeness (QED) is 0.871. The van der Waals surface area contributed by atoms with Crippen molar-refractivity contribution in [3.05, 3.63) is 68.5 Å². The van der Waals surface area contributed by atoms with Crippen LogP contribution in [0.4, 0.5) is 0 Å². The van der Waals surface area contributed by atoms with E-state index in [1.807, 2.05) is 42.2 Å². The van der Waals surface area contributed by atoms with Crippen molar-refractivity contribution in [3.8, 4) is 0 Å². The van der Waals surface area contributed by atoms with Gasteiger partial charge in [0.15, 0.2) is 0 Å². The third kappa shape index (κ3) is 2.85. The van der Waals surface area contributed by atoms with E-state index in [0.29, 0.717) is 6.54 Å². The molecular weight excluding hydrogens is 260 g/mol. The number of hydrogen-bond donors (Lipinski definition) is 2. The van der Waals surface area contributed by atoms with E-state index in [-0.39, 0.29) is 5.92 Å². The summed E-state index contributed by atoms with van der Waals surface area (Å²) in [4.78, 5) is 36.0. The minimum atomic E-state index is -1.35. The Balaban J connectivity index is 2.35. The molecule has 0 spiro atoms. The van der Waals surface area contributed by atoms with Crippen LogP contribution >= 0.6 is 0 Å². The zero-order valence-corrected chi connectivity index (χ0v) is 10.9. The van der Waals surface area contributed by atoms with E-state index in [1.54, 1.807) is 0 Å². The molecule has 2 rings (SSSR count). The second-order valence-electron chi connectivity index (χ2n) is 4.57. The van der Waals surface area contributed by atoms with Gasteiger partial charge in [0.2, 0.25) is 0 Å². The summed E-state index contributed by atoms with van der Waals surface area (Å²) >= 11 is 0. The Bertz CT molecular complexity index is 731. The Morgan fingerprint density at radius 3 is 2.55 bits per heavy atom. The van der Waals surface area contributed by atoms with Crippen molar-refractivity contribution < 1.29 is 9.90 Å². The van der Waals surface area contributed by atoms with E-state index in [1.165, 1.54) is 4.57 Å². The molecular formula is C14H14N2O4. The van der Waals surface area contributed by atoms with Crippen molar-refractivity contribution in [1.82, 2.24) is 9.55 Å². The van der Waals surface area contributed by atoms with Gasteiger partial charge in [-0.05, 0) is 11.5 Å². The normalized spacial score (nSPS) is 12.1. The molecule has 1 aromatic carbocycles. The topological polar surface area (TPSA) is 92.2 Å². The molecule has 1 unspecified atom stereocenters. The number of nitrogens with zero attached hydrogens (tertiary/aromatic N) is 1. The van der Waals surface area contributed by atoms with E-state index in [4.69, 9.17) is 5.11 Å². The first-order chi connectivity index (χ1) is 9.49. The third-order valence-electron chi connectivity index (χ3n) is 3.08. The molecule has 0 aliphatic rings. The van der Waals surface area contributed by atoms with Gasteiger partial charge in [0.1, 0.15) is 5.56 Å². The smallest absolute Gasteiger partial charge is 0.342 e. The highest BCUT2D eigenvalue weighted by Crippen LogP contribution is 2.15. The van der Waals surface area contributed by atoms with Crippen LogP contribution in [0, 0.1) is 0 Å². The van der Waals surface area contributed by atoms with Crippen molar-refractivity contribution in [1.29, 1.82) is 0 Å². The molecule has 0 radical (unpaired) electrons. The maximum Gasteiger partial charge on any atom is 0.342 e. The van der Waals surface area contributed by atoms with Gasteiger partial charge in [-0.1, -0.05) is 37.3 Å². The lowest BCUT2D eigenvalue weighted by Crippen LogP contribution is -2.34. The van der Waals surface area contributed by atoms with Crippen LogP contribution in [0.15, 0.2) is 46.1 Å². The summed E-state index contributed by atoms with van der Waals surface area (Å²) in [5.41, 5.74) is -0.902. The molecule has 0 aliphatic heterocycles. The number of aromatic amines is 1.